The molecule has 5 nitrogen and oxygen atoms in total. The first-order valence-electron chi connectivity index (χ1n) is 6.56. The second kappa shape index (κ2) is 6.22. The topological polar surface area (TPSA) is 52.2 Å². The van der Waals surface area contributed by atoms with Crippen LogP contribution in [0.2, 0.25) is 0 Å². The van der Waals surface area contributed by atoms with Crippen molar-refractivity contribution in [3.05, 3.63) is 52.6 Å². The van der Waals surface area contributed by atoms with Crippen LogP contribution >= 0.6 is 11.8 Å². The van der Waals surface area contributed by atoms with Crippen molar-refractivity contribution in [3.63, 3.8) is 0 Å². The monoisotopic (exact) mass is 332 g/mol. The van der Waals surface area contributed by atoms with E-state index in [0.29, 0.717) is 10.9 Å². The van der Waals surface area contributed by atoms with Gasteiger partial charge in [-0.15, -0.1) is 16.1 Å². The van der Waals surface area contributed by atoms with E-state index in [1.165, 1.54) is 28.6 Å². The summed E-state index contributed by atoms with van der Waals surface area (Å²) in [6.07, 6.45) is 3.06. The molecule has 0 bridgehead atoms. The zero-order valence-electron chi connectivity index (χ0n) is 12.0. The maximum absolute atomic E-state index is 13.3. The fourth-order valence-electron chi connectivity index (χ4n) is 1.98. The normalized spacial score (nSPS) is 10.6. The Morgan fingerprint density at radius 2 is 2.04 bits per heavy atom. The largest absolute Gasteiger partial charge is 0.300 e. The summed E-state index contributed by atoms with van der Waals surface area (Å²) in [4.78, 5) is 12.5. The summed E-state index contributed by atoms with van der Waals surface area (Å²) in [5.74, 6) is 4.19. The quantitative estimate of drug-likeness (QED) is 0.545. The van der Waals surface area contributed by atoms with E-state index < -0.39 is 17.2 Å². The van der Waals surface area contributed by atoms with Crippen molar-refractivity contribution < 1.29 is 8.78 Å². The molecule has 1 aromatic carbocycles. The molecule has 0 amide bonds. The van der Waals surface area contributed by atoms with Gasteiger partial charge >= 0.3 is 5.56 Å². The van der Waals surface area contributed by atoms with Crippen LogP contribution in [0.3, 0.4) is 0 Å². The number of halogens is 2. The van der Waals surface area contributed by atoms with Gasteiger partial charge in [0.1, 0.15) is 0 Å². The van der Waals surface area contributed by atoms with E-state index >= 15 is 0 Å². The predicted molar refractivity (Wildman–Crippen MR) is 82.7 cm³/mol. The molecule has 0 N–H and O–H groups in total. The molecule has 116 valence electrons. The third kappa shape index (κ3) is 2.83. The summed E-state index contributed by atoms with van der Waals surface area (Å²) in [6, 6.07) is 3.24. The molecule has 0 spiro atoms. The Kier molecular flexibility index (Phi) is 4.12. The van der Waals surface area contributed by atoms with Crippen LogP contribution in [0.5, 0.6) is 0 Å². The van der Waals surface area contributed by atoms with E-state index in [9.17, 15) is 13.6 Å². The van der Waals surface area contributed by atoms with Crippen LogP contribution < -0.4 is 5.56 Å². The molecule has 3 aromatic rings. The summed E-state index contributed by atoms with van der Waals surface area (Å²) in [5, 5.41) is 8.36. The van der Waals surface area contributed by atoms with Crippen LogP contribution in [0, 0.1) is 23.5 Å². The molecular weight excluding hydrogens is 322 g/mol. The molecular formula is C15H10F2N4OS. The van der Waals surface area contributed by atoms with Crippen LogP contribution in [0.1, 0.15) is 6.92 Å². The third-order valence-corrected chi connectivity index (χ3v) is 3.90. The lowest BCUT2D eigenvalue weighted by molar-refractivity contribution is 0.508. The molecule has 2 heterocycles. The minimum absolute atomic E-state index is 0.101. The number of aromatic nitrogens is 4. The molecule has 0 aliphatic heterocycles. The van der Waals surface area contributed by atoms with E-state index in [-0.39, 0.29) is 11.3 Å². The predicted octanol–water partition coefficient (Wildman–Crippen LogP) is 2.27. The first-order chi connectivity index (χ1) is 11.1. The highest BCUT2D eigenvalue weighted by molar-refractivity contribution is 7.99. The van der Waals surface area contributed by atoms with Crippen LogP contribution in [-0.2, 0) is 0 Å². The molecule has 3 rings (SSSR count). The van der Waals surface area contributed by atoms with Gasteiger partial charge in [-0.1, -0.05) is 17.7 Å². The minimum atomic E-state index is -1.02. The summed E-state index contributed by atoms with van der Waals surface area (Å²) in [6.45, 7) is 1.74. The molecule has 0 unspecified atom stereocenters. The molecule has 23 heavy (non-hydrogen) atoms. The van der Waals surface area contributed by atoms with E-state index in [2.05, 4.69) is 22.0 Å². The lowest BCUT2D eigenvalue weighted by atomic mass is 10.3. The van der Waals surface area contributed by atoms with Gasteiger partial charge in [-0.25, -0.2) is 8.78 Å². The fourth-order valence-corrected chi connectivity index (χ4v) is 2.71. The van der Waals surface area contributed by atoms with Crippen LogP contribution in [0.15, 0.2) is 40.5 Å². The minimum Gasteiger partial charge on any atom is -0.279 e. The molecule has 0 saturated carbocycles. The molecule has 0 fully saturated rings. The maximum atomic E-state index is 13.3. The lowest BCUT2D eigenvalue weighted by Crippen LogP contribution is -2.20. The van der Waals surface area contributed by atoms with Crippen molar-refractivity contribution in [2.45, 2.75) is 12.1 Å². The number of hydrogen-bond donors (Lipinski definition) is 0. The Labute approximate surface area is 134 Å². The Hall–Kier alpha value is -2.66. The Bertz CT molecular complexity index is 1000. The standard InChI is InChI=1S/C15H10F2N4OS/c1-2-3-8-23-15-19-18-13-14(22)20(6-7-21(13)15)10-4-5-11(16)12(17)9-10/h4-7,9H,8H2,1H3. The molecule has 2 aromatic heterocycles. The highest BCUT2D eigenvalue weighted by Crippen LogP contribution is 2.16. The molecule has 8 heteroatoms. The SMILES string of the molecule is CC#CCSc1nnc2c(=O)n(-c3ccc(F)c(F)c3)ccn12. The van der Waals surface area contributed by atoms with Crippen LogP contribution in [0.25, 0.3) is 11.3 Å². The van der Waals surface area contributed by atoms with Gasteiger partial charge in [0.2, 0.25) is 5.65 Å². The van der Waals surface area contributed by atoms with E-state index in [4.69, 9.17) is 0 Å². The van der Waals surface area contributed by atoms with Gasteiger partial charge in [-0.05, 0) is 19.1 Å². The molecule has 0 atom stereocenters. The Morgan fingerprint density at radius 3 is 2.78 bits per heavy atom. The highest BCUT2D eigenvalue weighted by Gasteiger charge is 2.12. The lowest BCUT2D eigenvalue weighted by Gasteiger charge is -2.06. The number of nitrogens with zero attached hydrogens (tertiary/aromatic N) is 4. The van der Waals surface area contributed by atoms with Crippen LogP contribution in [0.4, 0.5) is 8.78 Å². The van der Waals surface area contributed by atoms with Crippen molar-refractivity contribution in [3.8, 4) is 17.5 Å². The second-order valence-corrected chi connectivity index (χ2v) is 5.41. The summed E-state index contributed by atoms with van der Waals surface area (Å²) < 4.78 is 29.1. The van der Waals surface area contributed by atoms with Crippen molar-refractivity contribution in [2.24, 2.45) is 0 Å². The Balaban J connectivity index is 2.07. The molecule has 0 aliphatic rings. The average Bonchev–Trinajstić information content (AvgIpc) is 2.95. The van der Waals surface area contributed by atoms with Gasteiger partial charge in [0, 0.05) is 18.5 Å². The average molecular weight is 332 g/mol. The number of thioether (sulfide) groups is 1. The van der Waals surface area contributed by atoms with Crippen LogP contribution in [-0.4, -0.2) is 24.9 Å². The van der Waals surface area contributed by atoms with Crippen molar-refractivity contribution in [1.29, 1.82) is 0 Å². The first-order valence-corrected chi connectivity index (χ1v) is 7.54. The summed E-state index contributed by atoms with van der Waals surface area (Å²) in [7, 11) is 0. The molecule has 0 aliphatic carbocycles. The van der Waals surface area contributed by atoms with Gasteiger partial charge in [0.25, 0.3) is 0 Å². The van der Waals surface area contributed by atoms with Gasteiger partial charge in [0.05, 0.1) is 11.4 Å². The smallest absolute Gasteiger partial charge is 0.279 e. The summed E-state index contributed by atoms with van der Waals surface area (Å²) >= 11 is 1.35. The maximum Gasteiger partial charge on any atom is 0.300 e. The van der Waals surface area contributed by atoms with Gasteiger partial charge in [0.15, 0.2) is 16.8 Å². The molecule has 0 radical (unpaired) electrons. The third-order valence-electron chi connectivity index (χ3n) is 3.07. The first kappa shape index (κ1) is 15.2. The summed E-state index contributed by atoms with van der Waals surface area (Å²) in [5.41, 5.74) is -0.158. The number of fused-ring (bicyclic) bond motifs is 1. The Morgan fingerprint density at radius 1 is 1.22 bits per heavy atom. The molecule has 0 saturated heterocycles. The number of benzene rings is 1. The second-order valence-electron chi connectivity index (χ2n) is 4.46. The highest BCUT2D eigenvalue weighted by atomic mass is 32.2. The zero-order chi connectivity index (χ0) is 16.4. The van der Waals surface area contributed by atoms with E-state index in [0.717, 1.165) is 12.1 Å². The van der Waals surface area contributed by atoms with Gasteiger partial charge in [-0.2, -0.15) is 0 Å². The van der Waals surface area contributed by atoms with Gasteiger partial charge in [-0.3, -0.25) is 13.8 Å². The number of hydrogen-bond acceptors (Lipinski definition) is 4. The van der Waals surface area contributed by atoms with Gasteiger partial charge < -0.3 is 0 Å². The van der Waals surface area contributed by atoms with E-state index in [1.54, 1.807) is 17.5 Å². The number of rotatable bonds is 3. The van der Waals surface area contributed by atoms with Crippen molar-refractivity contribution in [1.82, 2.24) is 19.2 Å². The zero-order valence-corrected chi connectivity index (χ0v) is 12.8. The van der Waals surface area contributed by atoms with E-state index in [1.807, 2.05) is 0 Å². The van der Waals surface area contributed by atoms with Crippen molar-refractivity contribution >= 4 is 17.4 Å². The van der Waals surface area contributed by atoms with Crippen molar-refractivity contribution in [2.75, 3.05) is 5.75 Å². The fraction of sp³-hybridized carbons (Fsp3) is 0.133.